The molecule has 1 atom stereocenters. The van der Waals surface area contributed by atoms with Crippen molar-refractivity contribution in [3.63, 3.8) is 0 Å². The molecular formula is C30H31N3O3. The van der Waals surface area contributed by atoms with Crippen LogP contribution in [-0.2, 0) is 22.6 Å². The Labute approximate surface area is 212 Å². The number of benzene rings is 3. The Balaban J connectivity index is 1.50. The number of amides is 2. The van der Waals surface area contributed by atoms with Gasteiger partial charge in [0.05, 0.1) is 17.8 Å². The molecule has 0 saturated carbocycles. The third-order valence-corrected chi connectivity index (χ3v) is 7.29. The van der Waals surface area contributed by atoms with Crippen molar-refractivity contribution in [1.82, 2.24) is 9.80 Å². The summed E-state index contributed by atoms with van der Waals surface area (Å²) in [5.74, 6) is -0.186. The second-order valence-corrected chi connectivity index (χ2v) is 9.58. The van der Waals surface area contributed by atoms with Crippen LogP contribution in [0.15, 0.2) is 71.9 Å². The van der Waals surface area contributed by atoms with Gasteiger partial charge in [-0.2, -0.15) is 0 Å². The molecule has 5 rings (SSSR count). The van der Waals surface area contributed by atoms with Gasteiger partial charge >= 0.3 is 0 Å². The number of carbonyl (C=O) groups is 2. The highest BCUT2D eigenvalue weighted by Gasteiger charge is 2.41. The zero-order valence-electron chi connectivity index (χ0n) is 21.0. The maximum Gasteiger partial charge on any atom is 0.255 e. The predicted octanol–water partition coefficient (Wildman–Crippen LogP) is 4.77. The molecule has 0 aliphatic carbocycles. The maximum atomic E-state index is 14.2. The van der Waals surface area contributed by atoms with Gasteiger partial charge in [0.1, 0.15) is 13.2 Å². The largest absolute Gasteiger partial charge is 0.399 e. The van der Waals surface area contributed by atoms with Crippen molar-refractivity contribution in [3.8, 4) is 11.1 Å². The SMILES string of the molecule is CON=C1CC(C(=O)N2CCc3ccccc3C2)N(C(=O)c2c(C)cccc2-c2ccccc2C)C1. The molecule has 2 aliphatic heterocycles. The van der Waals surface area contributed by atoms with Gasteiger partial charge in [0.15, 0.2) is 0 Å². The van der Waals surface area contributed by atoms with Crippen LogP contribution in [0.25, 0.3) is 11.1 Å². The van der Waals surface area contributed by atoms with E-state index in [1.165, 1.54) is 18.2 Å². The lowest BCUT2D eigenvalue weighted by molar-refractivity contribution is -0.136. The molecule has 1 saturated heterocycles. The zero-order valence-corrected chi connectivity index (χ0v) is 21.0. The van der Waals surface area contributed by atoms with Crippen molar-refractivity contribution in [3.05, 3.63) is 94.5 Å². The Kier molecular flexibility index (Phi) is 6.59. The highest BCUT2D eigenvalue weighted by atomic mass is 16.6. The molecule has 2 aliphatic rings. The molecule has 0 radical (unpaired) electrons. The van der Waals surface area contributed by atoms with Crippen molar-refractivity contribution >= 4 is 17.5 Å². The summed E-state index contributed by atoms with van der Waals surface area (Å²) in [6.07, 6.45) is 1.19. The Morgan fingerprint density at radius 2 is 1.56 bits per heavy atom. The van der Waals surface area contributed by atoms with Crippen LogP contribution in [0.2, 0.25) is 0 Å². The summed E-state index contributed by atoms with van der Waals surface area (Å²) in [6.45, 7) is 5.47. The highest BCUT2D eigenvalue weighted by molar-refractivity contribution is 6.09. The van der Waals surface area contributed by atoms with Crippen LogP contribution >= 0.6 is 0 Å². The van der Waals surface area contributed by atoms with Crippen molar-refractivity contribution in [2.45, 2.75) is 39.3 Å². The Hall–Kier alpha value is -3.93. The monoisotopic (exact) mass is 481 g/mol. The van der Waals surface area contributed by atoms with E-state index in [2.05, 4.69) is 17.3 Å². The quantitative estimate of drug-likeness (QED) is 0.504. The van der Waals surface area contributed by atoms with Crippen LogP contribution in [0, 0.1) is 13.8 Å². The van der Waals surface area contributed by atoms with E-state index in [-0.39, 0.29) is 18.4 Å². The average molecular weight is 482 g/mol. The second kappa shape index (κ2) is 9.97. The van der Waals surface area contributed by atoms with Gasteiger partial charge in [-0.15, -0.1) is 0 Å². The molecule has 6 heteroatoms. The molecule has 36 heavy (non-hydrogen) atoms. The molecule has 6 nitrogen and oxygen atoms in total. The molecule has 1 fully saturated rings. The summed E-state index contributed by atoms with van der Waals surface area (Å²) in [5.41, 5.74) is 7.67. The number of likely N-dealkylation sites (tertiary alicyclic amines) is 1. The van der Waals surface area contributed by atoms with Crippen LogP contribution in [0.4, 0.5) is 0 Å². The fraction of sp³-hybridized carbons (Fsp3) is 0.300. The lowest BCUT2D eigenvalue weighted by Gasteiger charge is -2.33. The van der Waals surface area contributed by atoms with Gasteiger partial charge in [0.25, 0.3) is 5.91 Å². The van der Waals surface area contributed by atoms with E-state index in [1.807, 2.05) is 73.3 Å². The maximum absolute atomic E-state index is 14.2. The molecule has 2 amide bonds. The van der Waals surface area contributed by atoms with Crippen LogP contribution in [0.5, 0.6) is 0 Å². The first-order valence-electron chi connectivity index (χ1n) is 12.4. The van der Waals surface area contributed by atoms with Crippen molar-refractivity contribution < 1.29 is 14.4 Å². The van der Waals surface area contributed by atoms with Gasteiger partial charge in [-0.3, -0.25) is 9.59 Å². The van der Waals surface area contributed by atoms with Gasteiger partial charge in [0, 0.05) is 19.5 Å². The van der Waals surface area contributed by atoms with Gasteiger partial charge in [-0.25, -0.2) is 0 Å². The molecule has 0 aromatic heterocycles. The molecule has 0 bridgehead atoms. The Morgan fingerprint density at radius 3 is 2.33 bits per heavy atom. The van der Waals surface area contributed by atoms with E-state index in [9.17, 15) is 9.59 Å². The number of fused-ring (bicyclic) bond motifs is 1. The molecule has 1 unspecified atom stereocenters. The third kappa shape index (κ3) is 4.39. The van der Waals surface area contributed by atoms with Crippen molar-refractivity contribution in [1.29, 1.82) is 0 Å². The minimum atomic E-state index is -0.610. The van der Waals surface area contributed by atoms with E-state index in [4.69, 9.17) is 4.84 Å². The zero-order chi connectivity index (χ0) is 25.2. The fourth-order valence-corrected chi connectivity index (χ4v) is 5.42. The fourth-order valence-electron chi connectivity index (χ4n) is 5.42. The standard InChI is InChI=1S/C30H31N3O3/c1-20-9-4-7-13-25(20)26-14-8-10-21(2)28(26)30(35)33-19-24(31-36-3)17-27(33)29(34)32-16-15-22-11-5-6-12-23(22)18-32/h4-14,27H,15-19H2,1-3H3. The highest BCUT2D eigenvalue weighted by Crippen LogP contribution is 2.32. The van der Waals surface area contributed by atoms with Crippen LogP contribution in [-0.4, -0.2) is 53.6 Å². The van der Waals surface area contributed by atoms with Gasteiger partial charge in [0.2, 0.25) is 5.91 Å². The van der Waals surface area contributed by atoms with E-state index in [0.29, 0.717) is 30.8 Å². The minimum absolute atomic E-state index is 0.0369. The van der Waals surface area contributed by atoms with Gasteiger partial charge in [-0.1, -0.05) is 71.9 Å². The lowest BCUT2D eigenvalue weighted by Crippen LogP contribution is -2.49. The Morgan fingerprint density at radius 1 is 0.861 bits per heavy atom. The van der Waals surface area contributed by atoms with Crippen molar-refractivity contribution in [2.75, 3.05) is 20.2 Å². The van der Waals surface area contributed by atoms with Gasteiger partial charge < -0.3 is 14.6 Å². The molecule has 2 heterocycles. The molecular weight excluding hydrogens is 450 g/mol. The van der Waals surface area contributed by atoms with E-state index in [1.54, 1.807) is 4.90 Å². The first-order valence-corrected chi connectivity index (χ1v) is 12.4. The summed E-state index contributed by atoms with van der Waals surface area (Å²) in [4.78, 5) is 36.6. The third-order valence-electron chi connectivity index (χ3n) is 7.29. The first-order chi connectivity index (χ1) is 17.5. The summed E-state index contributed by atoms with van der Waals surface area (Å²) in [7, 11) is 1.49. The second-order valence-electron chi connectivity index (χ2n) is 9.58. The molecule has 0 N–H and O–H groups in total. The van der Waals surface area contributed by atoms with E-state index in [0.717, 1.165) is 28.7 Å². The van der Waals surface area contributed by atoms with E-state index < -0.39 is 6.04 Å². The Bertz CT molecular complexity index is 1350. The lowest BCUT2D eigenvalue weighted by atomic mass is 9.92. The summed E-state index contributed by atoms with van der Waals surface area (Å²) in [6, 6.07) is 21.6. The number of hydrogen-bond acceptors (Lipinski definition) is 4. The molecule has 3 aromatic carbocycles. The summed E-state index contributed by atoms with van der Waals surface area (Å²) in [5, 5.41) is 4.13. The molecule has 3 aromatic rings. The topological polar surface area (TPSA) is 62.2 Å². The molecule has 184 valence electrons. The van der Waals surface area contributed by atoms with E-state index >= 15 is 0 Å². The van der Waals surface area contributed by atoms with Gasteiger partial charge in [-0.05, 0) is 53.6 Å². The normalized spacial score (nSPS) is 18.3. The number of nitrogens with zero attached hydrogens (tertiary/aromatic N) is 3. The number of aryl methyl sites for hydroxylation is 2. The number of rotatable bonds is 4. The van der Waals surface area contributed by atoms with Crippen LogP contribution in [0.1, 0.15) is 39.0 Å². The number of carbonyl (C=O) groups excluding carboxylic acids is 2. The predicted molar refractivity (Wildman–Crippen MR) is 141 cm³/mol. The number of oxime groups is 1. The first kappa shape index (κ1) is 23.8. The van der Waals surface area contributed by atoms with Crippen molar-refractivity contribution in [2.24, 2.45) is 5.16 Å². The minimum Gasteiger partial charge on any atom is -0.399 e. The van der Waals surface area contributed by atoms with Crippen LogP contribution < -0.4 is 0 Å². The smallest absolute Gasteiger partial charge is 0.255 e. The summed E-state index contributed by atoms with van der Waals surface area (Å²) < 4.78 is 0. The number of hydrogen-bond donors (Lipinski definition) is 0. The van der Waals surface area contributed by atoms with Crippen LogP contribution in [0.3, 0.4) is 0 Å². The summed E-state index contributed by atoms with van der Waals surface area (Å²) >= 11 is 0. The average Bonchev–Trinajstić information content (AvgIpc) is 3.32. The molecule has 0 spiro atoms.